The van der Waals surface area contributed by atoms with Crippen molar-refractivity contribution in [2.24, 2.45) is 0 Å². The van der Waals surface area contributed by atoms with Gasteiger partial charge in [0.25, 0.3) is 17.3 Å². The van der Waals surface area contributed by atoms with Gasteiger partial charge in [-0.15, -0.1) is 0 Å². The second-order valence-electron chi connectivity index (χ2n) is 6.42. The van der Waals surface area contributed by atoms with Crippen LogP contribution < -0.4 is 4.90 Å². The molecule has 0 radical (unpaired) electrons. The van der Waals surface area contributed by atoms with Gasteiger partial charge in [0, 0.05) is 29.8 Å². The van der Waals surface area contributed by atoms with Gasteiger partial charge >= 0.3 is 0 Å². The van der Waals surface area contributed by atoms with E-state index in [9.17, 15) is 25.0 Å². The Kier molecular flexibility index (Phi) is 5.78. The number of carbonyl (C=O) groups excluding carboxylic acids is 1. The summed E-state index contributed by atoms with van der Waals surface area (Å²) in [6, 6.07) is 13.1. The van der Waals surface area contributed by atoms with Gasteiger partial charge in [0.15, 0.2) is 4.32 Å². The third kappa shape index (κ3) is 4.13. The number of nitrogens with zero attached hydrogens (tertiary/aromatic N) is 3. The van der Waals surface area contributed by atoms with Crippen LogP contribution in [0.2, 0.25) is 5.02 Å². The zero-order valence-electron chi connectivity index (χ0n) is 15.8. The van der Waals surface area contributed by atoms with Crippen LogP contribution in [0.5, 0.6) is 0 Å². The van der Waals surface area contributed by atoms with Gasteiger partial charge in [0.05, 0.1) is 20.4 Å². The van der Waals surface area contributed by atoms with Crippen LogP contribution in [-0.4, -0.2) is 20.1 Å². The summed E-state index contributed by atoms with van der Waals surface area (Å²) in [7, 11) is 0. The second-order valence-corrected chi connectivity index (χ2v) is 8.50. The first kappa shape index (κ1) is 21.7. The number of non-ortho nitro benzene ring substituents is 1. The first-order valence-electron chi connectivity index (χ1n) is 8.81. The first-order valence-corrected chi connectivity index (χ1v) is 10.4. The molecule has 9 nitrogen and oxygen atoms in total. The van der Waals surface area contributed by atoms with Gasteiger partial charge in [-0.25, -0.2) is 0 Å². The van der Waals surface area contributed by atoms with Crippen molar-refractivity contribution < 1.29 is 19.1 Å². The molecule has 1 aliphatic rings. The molecule has 0 saturated carbocycles. The minimum Gasteiger partial charge on any atom is -0.457 e. The Morgan fingerprint density at radius 3 is 2.56 bits per heavy atom. The van der Waals surface area contributed by atoms with Gasteiger partial charge < -0.3 is 4.42 Å². The van der Waals surface area contributed by atoms with Crippen LogP contribution in [0, 0.1) is 20.2 Å². The second kappa shape index (κ2) is 8.54. The number of furan rings is 1. The van der Waals surface area contributed by atoms with Crippen molar-refractivity contribution in [3.05, 3.63) is 90.5 Å². The number of rotatable bonds is 5. The molecule has 0 unspecified atom stereocenters. The highest BCUT2D eigenvalue weighted by Crippen LogP contribution is 2.38. The largest absolute Gasteiger partial charge is 0.457 e. The van der Waals surface area contributed by atoms with E-state index in [0.29, 0.717) is 22.8 Å². The number of carbonyl (C=O) groups is 1. The Balaban J connectivity index is 1.62. The molecule has 1 fully saturated rings. The molecule has 1 amide bonds. The lowest BCUT2D eigenvalue weighted by molar-refractivity contribution is -0.384. The van der Waals surface area contributed by atoms with E-state index in [2.05, 4.69) is 0 Å². The average Bonchev–Trinajstić information content (AvgIpc) is 3.32. The Bertz CT molecular complexity index is 1340. The summed E-state index contributed by atoms with van der Waals surface area (Å²) < 4.78 is 5.95. The molecule has 0 bridgehead atoms. The molecule has 2 heterocycles. The molecule has 3 aromatic rings. The van der Waals surface area contributed by atoms with Crippen LogP contribution in [0.4, 0.5) is 17.1 Å². The average molecular weight is 488 g/mol. The summed E-state index contributed by atoms with van der Waals surface area (Å²) >= 11 is 12.2. The van der Waals surface area contributed by atoms with Gasteiger partial charge in [0.2, 0.25) is 0 Å². The van der Waals surface area contributed by atoms with Crippen molar-refractivity contribution in [2.75, 3.05) is 4.90 Å². The number of nitro groups is 2. The normalized spacial score (nSPS) is 14.9. The Morgan fingerprint density at radius 1 is 1.06 bits per heavy atom. The first-order chi connectivity index (χ1) is 15.2. The van der Waals surface area contributed by atoms with Gasteiger partial charge in [-0.1, -0.05) is 41.6 Å². The van der Waals surface area contributed by atoms with Crippen LogP contribution in [0.3, 0.4) is 0 Å². The SMILES string of the molecule is O=C1/C(=C/c2ccc(-c3ccc(Cl)c([N+](=O)[O-])c3)o2)SC(=S)N1c1cccc([N+](=O)[O-])c1. The van der Waals surface area contributed by atoms with Crippen molar-refractivity contribution in [3.8, 4) is 11.3 Å². The third-order valence-electron chi connectivity index (χ3n) is 4.42. The van der Waals surface area contributed by atoms with Gasteiger partial charge in [-0.3, -0.25) is 29.9 Å². The van der Waals surface area contributed by atoms with E-state index < -0.39 is 15.8 Å². The smallest absolute Gasteiger partial charge is 0.288 e. The molecule has 1 aromatic heterocycles. The van der Waals surface area contributed by atoms with Gasteiger partial charge in [0.1, 0.15) is 16.5 Å². The predicted molar refractivity (Wildman–Crippen MR) is 125 cm³/mol. The van der Waals surface area contributed by atoms with E-state index in [0.717, 1.165) is 11.8 Å². The topological polar surface area (TPSA) is 120 Å². The van der Waals surface area contributed by atoms with Crippen LogP contribution in [0.1, 0.15) is 5.76 Å². The molecule has 160 valence electrons. The molecular formula is C20H10ClN3O6S2. The number of amides is 1. The molecule has 1 aliphatic heterocycles. The molecule has 0 aliphatic carbocycles. The fourth-order valence-corrected chi connectivity index (χ4v) is 4.42. The predicted octanol–water partition coefficient (Wildman–Crippen LogP) is 5.82. The lowest BCUT2D eigenvalue weighted by atomic mass is 10.1. The summed E-state index contributed by atoms with van der Waals surface area (Å²) in [5.74, 6) is 0.239. The summed E-state index contributed by atoms with van der Waals surface area (Å²) in [4.78, 5) is 35.4. The quantitative estimate of drug-likeness (QED) is 0.191. The number of nitro benzene ring substituents is 2. The van der Waals surface area contributed by atoms with Gasteiger partial charge in [-0.2, -0.15) is 0 Å². The number of anilines is 1. The zero-order chi connectivity index (χ0) is 23.0. The number of thiocarbonyl (C=S) groups is 1. The fourth-order valence-electron chi connectivity index (χ4n) is 2.96. The highest BCUT2D eigenvalue weighted by molar-refractivity contribution is 8.27. The Hall–Kier alpha value is -3.54. The van der Waals surface area contributed by atoms with Crippen molar-refractivity contribution in [2.45, 2.75) is 0 Å². The van der Waals surface area contributed by atoms with E-state index in [1.165, 1.54) is 41.3 Å². The molecule has 12 heteroatoms. The Morgan fingerprint density at radius 2 is 1.84 bits per heavy atom. The van der Waals surface area contributed by atoms with Crippen molar-refractivity contribution in [1.29, 1.82) is 0 Å². The lowest BCUT2D eigenvalue weighted by Gasteiger charge is -2.13. The molecular weight excluding hydrogens is 478 g/mol. The lowest BCUT2D eigenvalue weighted by Crippen LogP contribution is -2.27. The summed E-state index contributed by atoms with van der Waals surface area (Å²) in [6.45, 7) is 0. The van der Waals surface area contributed by atoms with E-state index in [4.69, 9.17) is 28.2 Å². The fraction of sp³-hybridized carbons (Fsp3) is 0. The highest BCUT2D eigenvalue weighted by atomic mass is 35.5. The zero-order valence-corrected chi connectivity index (χ0v) is 18.1. The van der Waals surface area contributed by atoms with Gasteiger partial charge in [-0.05, 0) is 30.3 Å². The molecule has 2 aromatic carbocycles. The van der Waals surface area contributed by atoms with E-state index in [1.807, 2.05) is 0 Å². The monoisotopic (exact) mass is 487 g/mol. The number of halogens is 1. The molecule has 1 saturated heterocycles. The van der Waals surface area contributed by atoms with Crippen molar-refractivity contribution >= 4 is 68.9 Å². The molecule has 4 rings (SSSR count). The maximum absolute atomic E-state index is 12.9. The number of hydrogen-bond donors (Lipinski definition) is 0. The number of thioether (sulfide) groups is 1. The highest BCUT2D eigenvalue weighted by Gasteiger charge is 2.34. The molecule has 0 spiro atoms. The molecule has 32 heavy (non-hydrogen) atoms. The summed E-state index contributed by atoms with van der Waals surface area (Å²) in [6.07, 6.45) is 1.49. The van der Waals surface area contributed by atoms with Crippen LogP contribution >= 0.6 is 35.6 Å². The summed E-state index contributed by atoms with van der Waals surface area (Å²) in [5, 5.41) is 22.1. The van der Waals surface area contributed by atoms with E-state index in [1.54, 1.807) is 24.3 Å². The minimum absolute atomic E-state index is 0.00959. The summed E-state index contributed by atoms with van der Waals surface area (Å²) in [5.41, 5.74) is 0.330. The maximum Gasteiger partial charge on any atom is 0.288 e. The van der Waals surface area contributed by atoms with Crippen molar-refractivity contribution in [1.82, 2.24) is 0 Å². The number of benzene rings is 2. The van der Waals surface area contributed by atoms with E-state index in [-0.39, 0.29) is 25.6 Å². The molecule has 0 atom stereocenters. The third-order valence-corrected chi connectivity index (χ3v) is 6.04. The molecule has 0 N–H and O–H groups in total. The standard InChI is InChI=1S/C20H10ClN3O6S2/c21-15-6-4-11(8-16(15)24(28)29)17-7-5-14(30-17)10-18-19(25)22(20(31)32-18)12-2-1-3-13(9-12)23(26)27/h1-10H/b18-10-. The van der Waals surface area contributed by atoms with Crippen LogP contribution in [-0.2, 0) is 4.79 Å². The van der Waals surface area contributed by atoms with Crippen LogP contribution in [0.25, 0.3) is 17.4 Å². The van der Waals surface area contributed by atoms with E-state index >= 15 is 0 Å². The van der Waals surface area contributed by atoms with Crippen molar-refractivity contribution in [3.63, 3.8) is 0 Å². The Labute approximate surface area is 194 Å². The number of hydrogen-bond acceptors (Lipinski definition) is 8. The maximum atomic E-state index is 12.9. The minimum atomic E-state index is -0.588. The van der Waals surface area contributed by atoms with Crippen LogP contribution in [0.15, 0.2) is 63.9 Å².